The Morgan fingerprint density at radius 2 is 2.20 bits per heavy atom. The first-order chi connectivity index (χ1) is 7.26. The molecule has 0 radical (unpaired) electrons. The highest BCUT2D eigenvalue weighted by molar-refractivity contribution is 7.98. The Morgan fingerprint density at radius 3 is 2.73 bits per heavy atom. The van der Waals surface area contributed by atoms with Crippen molar-refractivity contribution >= 4 is 17.7 Å². The topological polar surface area (TPSA) is 55.1 Å². The van der Waals surface area contributed by atoms with Crippen molar-refractivity contribution in [2.24, 2.45) is 11.7 Å². The lowest BCUT2D eigenvalue weighted by atomic mass is 10.0. The van der Waals surface area contributed by atoms with Gasteiger partial charge in [0.25, 0.3) is 0 Å². The second kappa shape index (κ2) is 10.3. The molecule has 0 fully saturated rings. The van der Waals surface area contributed by atoms with E-state index < -0.39 is 0 Å². The van der Waals surface area contributed by atoms with Gasteiger partial charge in [-0.25, -0.2) is 0 Å². The van der Waals surface area contributed by atoms with E-state index in [4.69, 9.17) is 5.73 Å². The Labute approximate surface area is 97.6 Å². The van der Waals surface area contributed by atoms with E-state index in [0.29, 0.717) is 6.54 Å². The molecule has 0 rings (SSSR count). The van der Waals surface area contributed by atoms with Crippen LogP contribution in [0.25, 0.3) is 0 Å². The summed E-state index contributed by atoms with van der Waals surface area (Å²) in [6.07, 6.45) is 6.25. The first-order valence-electron chi connectivity index (χ1n) is 5.73. The molecule has 0 aromatic rings. The monoisotopic (exact) mass is 232 g/mol. The first-order valence-corrected chi connectivity index (χ1v) is 7.12. The summed E-state index contributed by atoms with van der Waals surface area (Å²) in [5.41, 5.74) is 5.55. The summed E-state index contributed by atoms with van der Waals surface area (Å²) >= 11 is 1.85. The van der Waals surface area contributed by atoms with Gasteiger partial charge in [0.1, 0.15) is 0 Å². The number of nitrogens with two attached hydrogens (primary N) is 1. The maximum Gasteiger partial charge on any atom is 0.224 e. The lowest BCUT2D eigenvalue weighted by Gasteiger charge is -2.13. The van der Waals surface area contributed by atoms with E-state index in [-0.39, 0.29) is 11.8 Å². The predicted molar refractivity (Wildman–Crippen MR) is 68.1 cm³/mol. The lowest BCUT2D eigenvalue weighted by molar-refractivity contribution is -0.124. The molecule has 3 N–H and O–H groups in total. The fourth-order valence-corrected chi connectivity index (χ4v) is 1.92. The smallest absolute Gasteiger partial charge is 0.224 e. The molecule has 0 aliphatic heterocycles. The predicted octanol–water partition coefficient (Wildman–Crippen LogP) is 1.62. The zero-order valence-electron chi connectivity index (χ0n) is 9.92. The lowest BCUT2D eigenvalue weighted by Crippen LogP contribution is -2.35. The van der Waals surface area contributed by atoms with Crippen molar-refractivity contribution in [2.45, 2.75) is 32.6 Å². The Bertz CT molecular complexity index is 165. The number of carbonyl (C=O) groups excluding carboxylic acids is 1. The normalized spacial score (nSPS) is 12.5. The maximum atomic E-state index is 11.6. The maximum absolute atomic E-state index is 11.6. The molecule has 0 saturated heterocycles. The summed E-state index contributed by atoms with van der Waals surface area (Å²) < 4.78 is 0. The number of carbonyl (C=O) groups is 1. The van der Waals surface area contributed by atoms with Crippen molar-refractivity contribution in [3.63, 3.8) is 0 Å². The van der Waals surface area contributed by atoms with Crippen LogP contribution in [0.1, 0.15) is 32.6 Å². The molecule has 0 saturated carbocycles. The molecule has 1 unspecified atom stereocenters. The molecule has 0 aromatic heterocycles. The van der Waals surface area contributed by atoms with Gasteiger partial charge < -0.3 is 11.1 Å². The van der Waals surface area contributed by atoms with Gasteiger partial charge in [0.15, 0.2) is 0 Å². The molecule has 4 heteroatoms. The van der Waals surface area contributed by atoms with Crippen molar-refractivity contribution in [1.29, 1.82) is 0 Å². The van der Waals surface area contributed by atoms with Crippen molar-refractivity contribution < 1.29 is 4.79 Å². The SMILES string of the molecule is CCCC(CN)C(=O)NCCCCSC. The Morgan fingerprint density at radius 1 is 1.47 bits per heavy atom. The molecule has 0 heterocycles. The van der Waals surface area contributed by atoms with E-state index >= 15 is 0 Å². The van der Waals surface area contributed by atoms with Crippen LogP contribution in [0.5, 0.6) is 0 Å². The molecular weight excluding hydrogens is 208 g/mol. The number of amides is 1. The Hall–Kier alpha value is -0.220. The molecule has 1 atom stereocenters. The highest BCUT2D eigenvalue weighted by Gasteiger charge is 2.14. The number of hydrogen-bond donors (Lipinski definition) is 2. The van der Waals surface area contributed by atoms with Gasteiger partial charge >= 0.3 is 0 Å². The van der Waals surface area contributed by atoms with Crippen molar-refractivity contribution in [1.82, 2.24) is 5.32 Å². The average molecular weight is 232 g/mol. The van der Waals surface area contributed by atoms with Gasteiger partial charge in [0.05, 0.1) is 5.92 Å². The highest BCUT2D eigenvalue weighted by atomic mass is 32.2. The standard InChI is InChI=1S/C11H24N2OS/c1-3-6-10(9-12)11(14)13-7-4-5-8-15-2/h10H,3-9,12H2,1-2H3,(H,13,14). The van der Waals surface area contributed by atoms with Gasteiger partial charge in [0, 0.05) is 13.1 Å². The number of nitrogens with one attached hydrogen (secondary N) is 1. The van der Waals surface area contributed by atoms with Gasteiger partial charge in [-0.2, -0.15) is 11.8 Å². The van der Waals surface area contributed by atoms with Crippen LogP contribution < -0.4 is 11.1 Å². The number of rotatable bonds is 9. The molecular formula is C11H24N2OS. The third-order valence-electron chi connectivity index (χ3n) is 2.37. The largest absolute Gasteiger partial charge is 0.356 e. The highest BCUT2D eigenvalue weighted by Crippen LogP contribution is 2.04. The summed E-state index contributed by atoms with van der Waals surface area (Å²) in [4.78, 5) is 11.6. The van der Waals surface area contributed by atoms with Crippen molar-refractivity contribution in [2.75, 3.05) is 25.1 Å². The van der Waals surface area contributed by atoms with E-state index in [1.54, 1.807) is 0 Å². The van der Waals surface area contributed by atoms with Gasteiger partial charge in [-0.05, 0) is 31.3 Å². The molecule has 0 aromatic carbocycles. The zero-order valence-corrected chi connectivity index (χ0v) is 10.7. The number of hydrogen-bond acceptors (Lipinski definition) is 3. The summed E-state index contributed by atoms with van der Waals surface area (Å²) in [6.45, 7) is 3.33. The van der Waals surface area contributed by atoms with E-state index in [2.05, 4.69) is 18.5 Å². The summed E-state index contributed by atoms with van der Waals surface area (Å²) in [5.74, 6) is 1.31. The fourth-order valence-electron chi connectivity index (χ4n) is 1.43. The van der Waals surface area contributed by atoms with Gasteiger partial charge in [-0.15, -0.1) is 0 Å². The summed E-state index contributed by atoms with van der Waals surface area (Å²) in [5, 5.41) is 2.95. The number of thioether (sulfide) groups is 1. The molecule has 0 aliphatic rings. The van der Waals surface area contributed by atoms with Crippen LogP contribution in [0.4, 0.5) is 0 Å². The van der Waals surface area contributed by atoms with E-state index in [1.165, 1.54) is 12.2 Å². The molecule has 0 bridgehead atoms. The van der Waals surface area contributed by atoms with Crippen LogP contribution in [-0.4, -0.2) is 31.0 Å². The Balaban J connectivity index is 3.53. The van der Waals surface area contributed by atoms with E-state index in [9.17, 15) is 4.79 Å². The van der Waals surface area contributed by atoms with Crippen LogP contribution >= 0.6 is 11.8 Å². The van der Waals surface area contributed by atoms with Gasteiger partial charge in [-0.3, -0.25) is 4.79 Å². The van der Waals surface area contributed by atoms with Crippen molar-refractivity contribution in [3.8, 4) is 0 Å². The molecule has 0 spiro atoms. The van der Waals surface area contributed by atoms with Crippen molar-refractivity contribution in [3.05, 3.63) is 0 Å². The molecule has 0 aliphatic carbocycles. The molecule has 90 valence electrons. The third-order valence-corrected chi connectivity index (χ3v) is 3.06. The van der Waals surface area contributed by atoms with Crippen LogP contribution in [0.15, 0.2) is 0 Å². The minimum Gasteiger partial charge on any atom is -0.356 e. The van der Waals surface area contributed by atoms with E-state index in [0.717, 1.165) is 25.8 Å². The Kier molecular flexibility index (Phi) is 10.2. The zero-order chi connectivity index (χ0) is 11.5. The number of unbranched alkanes of at least 4 members (excludes halogenated alkanes) is 1. The minimum atomic E-state index is 0.00977. The van der Waals surface area contributed by atoms with Gasteiger partial charge in [0.2, 0.25) is 5.91 Å². The average Bonchev–Trinajstić information content (AvgIpc) is 2.25. The third kappa shape index (κ3) is 7.68. The fraction of sp³-hybridized carbons (Fsp3) is 0.909. The van der Waals surface area contributed by atoms with Crippen LogP contribution in [0.3, 0.4) is 0 Å². The van der Waals surface area contributed by atoms with Crippen LogP contribution in [-0.2, 0) is 4.79 Å². The second-order valence-electron chi connectivity index (χ2n) is 3.71. The quantitative estimate of drug-likeness (QED) is 0.594. The molecule has 15 heavy (non-hydrogen) atoms. The van der Waals surface area contributed by atoms with Crippen LogP contribution in [0, 0.1) is 5.92 Å². The first kappa shape index (κ1) is 14.8. The van der Waals surface area contributed by atoms with Crippen LogP contribution in [0.2, 0.25) is 0 Å². The molecule has 1 amide bonds. The summed E-state index contributed by atoms with van der Waals surface area (Å²) in [6, 6.07) is 0. The summed E-state index contributed by atoms with van der Waals surface area (Å²) in [7, 11) is 0. The second-order valence-corrected chi connectivity index (χ2v) is 4.70. The molecule has 3 nitrogen and oxygen atoms in total. The van der Waals surface area contributed by atoms with Gasteiger partial charge in [-0.1, -0.05) is 13.3 Å². The minimum absolute atomic E-state index is 0.00977. The van der Waals surface area contributed by atoms with E-state index in [1.807, 2.05) is 11.8 Å².